The Hall–Kier alpha value is -2.37. The largest absolute Gasteiger partial charge is 0.492 e. The molecular weight excluding hydrogens is 261 g/mol. The van der Waals surface area contributed by atoms with Crippen molar-refractivity contribution in [3.63, 3.8) is 0 Å². The van der Waals surface area contributed by atoms with Crippen LogP contribution in [0.4, 0.5) is 4.39 Å². The summed E-state index contributed by atoms with van der Waals surface area (Å²) in [4.78, 5) is 13.6. The summed E-state index contributed by atoms with van der Waals surface area (Å²) in [7, 11) is 1.68. The normalized spacial score (nSPS) is 10.3. The number of nitrogens with zero attached hydrogens (tertiary/aromatic N) is 2. The van der Waals surface area contributed by atoms with Crippen molar-refractivity contribution in [2.45, 2.75) is 6.92 Å². The van der Waals surface area contributed by atoms with E-state index in [1.165, 1.54) is 23.2 Å². The molecule has 0 aliphatic rings. The highest BCUT2D eigenvalue weighted by molar-refractivity contribution is 5.94. The van der Waals surface area contributed by atoms with Gasteiger partial charge >= 0.3 is 0 Å². The lowest BCUT2D eigenvalue weighted by atomic mass is 10.2. The number of benzene rings is 1. The van der Waals surface area contributed by atoms with Gasteiger partial charge in [-0.05, 0) is 19.1 Å². The molecule has 0 aliphatic carbocycles. The number of H-pyrrole nitrogens is 1. The first-order chi connectivity index (χ1) is 9.58. The lowest BCUT2D eigenvalue weighted by Crippen LogP contribution is -2.31. The molecule has 0 saturated carbocycles. The maximum Gasteiger partial charge on any atom is 0.257 e. The van der Waals surface area contributed by atoms with E-state index >= 15 is 0 Å². The summed E-state index contributed by atoms with van der Waals surface area (Å²) in [6, 6.07) is 5.91. The third kappa shape index (κ3) is 3.34. The Morgan fingerprint density at radius 3 is 2.95 bits per heavy atom. The van der Waals surface area contributed by atoms with E-state index in [1.54, 1.807) is 26.1 Å². The van der Waals surface area contributed by atoms with Crippen LogP contribution in [-0.4, -0.2) is 41.2 Å². The second-order valence-corrected chi connectivity index (χ2v) is 4.44. The minimum absolute atomic E-state index is 0.126. The molecule has 2 aromatic rings. The van der Waals surface area contributed by atoms with Gasteiger partial charge in [0.05, 0.1) is 18.3 Å². The maximum atomic E-state index is 13.0. The van der Waals surface area contributed by atoms with Gasteiger partial charge in [0, 0.05) is 18.8 Å². The topological polar surface area (TPSA) is 58.2 Å². The molecule has 0 unspecified atom stereocenters. The number of likely N-dealkylation sites (N-methyl/N-ethyl adjacent to an activating group) is 1. The third-order valence-electron chi connectivity index (χ3n) is 2.90. The zero-order chi connectivity index (χ0) is 14.5. The van der Waals surface area contributed by atoms with Crippen molar-refractivity contribution >= 4 is 5.91 Å². The zero-order valence-electron chi connectivity index (χ0n) is 11.4. The molecule has 1 aromatic carbocycles. The molecule has 2 rings (SSSR count). The highest BCUT2D eigenvalue weighted by Crippen LogP contribution is 2.12. The second-order valence-electron chi connectivity index (χ2n) is 4.44. The van der Waals surface area contributed by atoms with Gasteiger partial charge in [0.25, 0.3) is 5.91 Å². The molecule has 0 atom stereocenters. The molecule has 0 radical (unpaired) electrons. The number of aromatic amines is 1. The van der Waals surface area contributed by atoms with Crippen molar-refractivity contribution in [3.8, 4) is 5.75 Å². The fourth-order valence-corrected chi connectivity index (χ4v) is 1.73. The minimum Gasteiger partial charge on any atom is -0.492 e. The summed E-state index contributed by atoms with van der Waals surface area (Å²) in [5, 5.41) is 6.54. The van der Waals surface area contributed by atoms with Crippen LogP contribution in [0.25, 0.3) is 0 Å². The van der Waals surface area contributed by atoms with Gasteiger partial charge in [-0.25, -0.2) is 4.39 Å². The molecule has 0 spiro atoms. The van der Waals surface area contributed by atoms with E-state index in [0.29, 0.717) is 24.5 Å². The summed E-state index contributed by atoms with van der Waals surface area (Å²) in [6.45, 7) is 2.49. The molecule has 20 heavy (non-hydrogen) atoms. The summed E-state index contributed by atoms with van der Waals surface area (Å²) in [5.41, 5.74) is 1.27. The molecule has 1 N–H and O–H groups in total. The van der Waals surface area contributed by atoms with E-state index in [1.807, 2.05) is 0 Å². The number of carbonyl (C=O) groups is 1. The Morgan fingerprint density at radius 1 is 1.50 bits per heavy atom. The average Bonchev–Trinajstić information content (AvgIpc) is 2.84. The summed E-state index contributed by atoms with van der Waals surface area (Å²) >= 11 is 0. The Bertz CT molecular complexity index is 598. The number of hydrogen-bond acceptors (Lipinski definition) is 3. The molecule has 106 valence electrons. The van der Waals surface area contributed by atoms with Gasteiger partial charge in [0.15, 0.2) is 0 Å². The SMILES string of the molecule is Cc1[nH]ncc1C(=O)N(C)CCOc1cccc(F)c1. The average molecular weight is 277 g/mol. The van der Waals surface area contributed by atoms with Gasteiger partial charge in [-0.2, -0.15) is 5.10 Å². The lowest BCUT2D eigenvalue weighted by Gasteiger charge is -2.17. The van der Waals surface area contributed by atoms with Crippen LogP contribution in [0, 0.1) is 12.7 Å². The lowest BCUT2D eigenvalue weighted by molar-refractivity contribution is 0.0773. The maximum absolute atomic E-state index is 13.0. The van der Waals surface area contributed by atoms with Crippen molar-refractivity contribution in [3.05, 3.63) is 47.5 Å². The smallest absolute Gasteiger partial charge is 0.257 e. The van der Waals surface area contributed by atoms with Crippen LogP contribution >= 0.6 is 0 Å². The standard InChI is InChI=1S/C14H16FN3O2/c1-10-13(9-16-17-10)14(19)18(2)6-7-20-12-5-3-4-11(15)8-12/h3-5,8-9H,6-7H2,1-2H3,(H,16,17). The number of nitrogens with one attached hydrogen (secondary N) is 1. The highest BCUT2D eigenvalue weighted by atomic mass is 19.1. The van der Waals surface area contributed by atoms with Crippen molar-refractivity contribution in [2.24, 2.45) is 0 Å². The van der Waals surface area contributed by atoms with Gasteiger partial charge in [0.1, 0.15) is 18.2 Å². The van der Waals surface area contributed by atoms with Crippen LogP contribution in [-0.2, 0) is 0 Å². The van der Waals surface area contributed by atoms with E-state index in [-0.39, 0.29) is 11.7 Å². The van der Waals surface area contributed by atoms with Crippen molar-refractivity contribution in [2.75, 3.05) is 20.2 Å². The van der Waals surface area contributed by atoms with Crippen molar-refractivity contribution in [1.82, 2.24) is 15.1 Å². The molecule has 5 nitrogen and oxygen atoms in total. The number of ether oxygens (including phenoxy) is 1. The fraction of sp³-hybridized carbons (Fsp3) is 0.286. The number of carbonyl (C=O) groups excluding carboxylic acids is 1. The van der Waals surface area contributed by atoms with E-state index in [4.69, 9.17) is 4.74 Å². The van der Waals surface area contributed by atoms with Crippen molar-refractivity contribution in [1.29, 1.82) is 0 Å². The van der Waals surface area contributed by atoms with Gasteiger partial charge in [-0.15, -0.1) is 0 Å². The second kappa shape index (κ2) is 6.18. The molecule has 0 aliphatic heterocycles. The number of aromatic nitrogens is 2. The summed E-state index contributed by atoms with van der Waals surface area (Å²) in [5.74, 6) is -0.0228. The zero-order valence-corrected chi connectivity index (χ0v) is 11.4. The Kier molecular flexibility index (Phi) is 4.34. The molecule has 6 heteroatoms. The van der Waals surface area contributed by atoms with Gasteiger partial charge < -0.3 is 9.64 Å². The monoisotopic (exact) mass is 277 g/mol. The van der Waals surface area contributed by atoms with Crippen LogP contribution in [0.5, 0.6) is 5.75 Å². The number of halogens is 1. The molecular formula is C14H16FN3O2. The highest BCUT2D eigenvalue weighted by Gasteiger charge is 2.15. The van der Waals surface area contributed by atoms with Crippen LogP contribution < -0.4 is 4.74 Å². The van der Waals surface area contributed by atoms with Crippen LogP contribution in [0.3, 0.4) is 0 Å². The predicted molar refractivity (Wildman–Crippen MR) is 72.2 cm³/mol. The van der Waals surface area contributed by atoms with Crippen LogP contribution in [0.15, 0.2) is 30.5 Å². The molecule has 0 fully saturated rings. The first kappa shape index (κ1) is 14.0. The number of amides is 1. The van der Waals surface area contributed by atoms with Gasteiger partial charge in [0.2, 0.25) is 0 Å². The summed E-state index contributed by atoms with van der Waals surface area (Å²) < 4.78 is 18.4. The van der Waals surface area contributed by atoms with E-state index in [2.05, 4.69) is 10.2 Å². The van der Waals surface area contributed by atoms with Crippen molar-refractivity contribution < 1.29 is 13.9 Å². The van der Waals surface area contributed by atoms with E-state index in [0.717, 1.165) is 5.69 Å². The quantitative estimate of drug-likeness (QED) is 0.909. The minimum atomic E-state index is -0.346. The van der Waals surface area contributed by atoms with Gasteiger partial charge in [-0.1, -0.05) is 6.07 Å². The first-order valence-electron chi connectivity index (χ1n) is 6.21. The number of hydrogen-bond donors (Lipinski definition) is 1. The third-order valence-corrected chi connectivity index (χ3v) is 2.90. The van der Waals surface area contributed by atoms with E-state index in [9.17, 15) is 9.18 Å². The molecule has 1 heterocycles. The van der Waals surface area contributed by atoms with Crippen LogP contribution in [0.1, 0.15) is 16.1 Å². The van der Waals surface area contributed by atoms with Crippen LogP contribution in [0.2, 0.25) is 0 Å². The Balaban J connectivity index is 1.85. The number of rotatable bonds is 5. The van der Waals surface area contributed by atoms with E-state index < -0.39 is 0 Å². The Morgan fingerprint density at radius 2 is 2.30 bits per heavy atom. The molecule has 0 saturated heterocycles. The molecule has 1 amide bonds. The van der Waals surface area contributed by atoms with Gasteiger partial charge in [-0.3, -0.25) is 9.89 Å². The number of aryl methyl sites for hydroxylation is 1. The first-order valence-corrected chi connectivity index (χ1v) is 6.21. The Labute approximate surface area is 116 Å². The molecule has 0 bridgehead atoms. The molecule has 1 aromatic heterocycles. The fourth-order valence-electron chi connectivity index (χ4n) is 1.73. The summed E-state index contributed by atoms with van der Waals surface area (Å²) in [6.07, 6.45) is 1.50. The predicted octanol–water partition coefficient (Wildman–Crippen LogP) is 2.01.